The van der Waals surface area contributed by atoms with Crippen molar-refractivity contribution in [1.82, 2.24) is 0 Å². The van der Waals surface area contributed by atoms with Crippen molar-refractivity contribution in [2.24, 2.45) is 5.73 Å². The molecule has 122 valence electrons. The normalized spacial score (nSPS) is 15.7. The number of nitrogens with two attached hydrogens (primary N) is 1. The average molecular weight is 339 g/mol. The fourth-order valence-electron chi connectivity index (χ4n) is 2.88. The number of benzene rings is 2. The summed E-state index contributed by atoms with van der Waals surface area (Å²) in [6.45, 7) is 1.62. The molecule has 0 aliphatic heterocycles. The van der Waals surface area contributed by atoms with E-state index in [4.69, 9.17) is 5.73 Å². The van der Waals surface area contributed by atoms with Crippen LogP contribution in [0.2, 0.25) is 0 Å². The fraction of sp³-hybridized carbons (Fsp3) is 0.235. The molecule has 1 aliphatic carbocycles. The first-order chi connectivity index (χ1) is 10.5. The number of halogens is 3. The smallest absolute Gasteiger partial charge is 0.255 e. The van der Waals surface area contributed by atoms with E-state index < -0.39 is 0 Å². The minimum absolute atomic E-state index is 0. The topological polar surface area (TPSA) is 55.1 Å². The number of fused-ring (bicyclic) bond motifs is 1. The number of carbonyl (C=O) groups is 1. The Morgan fingerprint density at radius 2 is 1.91 bits per heavy atom. The Bertz CT molecular complexity index is 764. The standard InChI is InChI=1S/C17H16F2N2O.ClH/c1-9-8-10(2-5-13(9)18)21-17(22)12-3-6-14(19)16-11(12)4-7-15(16)20;/h2-3,5-6,8,15H,4,7,20H2,1H3,(H,21,22);1H/t15-;/m0./s1. The Kier molecular flexibility index (Phi) is 5.02. The summed E-state index contributed by atoms with van der Waals surface area (Å²) in [4.78, 5) is 12.4. The summed E-state index contributed by atoms with van der Waals surface area (Å²) >= 11 is 0. The van der Waals surface area contributed by atoms with Crippen molar-refractivity contribution in [3.05, 3.63) is 64.2 Å². The molecule has 1 atom stereocenters. The van der Waals surface area contributed by atoms with Gasteiger partial charge in [0.1, 0.15) is 11.6 Å². The molecule has 3 rings (SSSR count). The van der Waals surface area contributed by atoms with Gasteiger partial charge in [-0.3, -0.25) is 4.79 Å². The molecule has 23 heavy (non-hydrogen) atoms. The lowest BCUT2D eigenvalue weighted by Gasteiger charge is -2.12. The van der Waals surface area contributed by atoms with E-state index >= 15 is 0 Å². The molecular formula is C17H17ClF2N2O. The lowest BCUT2D eigenvalue weighted by Crippen LogP contribution is -2.16. The molecule has 3 N–H and O–H groups in total. The van der Waals surface area contributed by atoms with Crippen LogP contribution in [0.5, 0.6) is 0 Å². The predicted octanol–water partition coefficient (Wildman–Crippen LogP) is 3.89. The number of aryl methyl sites for hydroxylation is 1. The molecule has 2 aromatic rings. The van der Waals surface area contributed by atoms with Crippen LogP contribution in [0, 0.1) is 18.6 Å². The number of hydrogen-bond donors (Lipinski definition) is 2. The summed E-state index contributed by atoms with van der Waals surface area (Å²) in [7, 11) is 0. The Hall–Kier alpha value is -1.98. The van der Waals surface area contributed by atoms with E-state index in [9.17, 15) is 13.6 Å². The van der Waals surface area contributed by atoms with Crippen LogP contribution in [0.3, 0.4) is 0 Å². The molecule has 6 heteroatoms. The third kappa shape index (κ3) is 3.21. The first kappa shape index (κ1) is 17.4. The van der Waals surface area contributed by atoms with E-state index in [1.807, 2.05) is 0 Å². The Morgan fingerprint density at radius 1 is 1.22 bits per heavy atom. The van der Waals surface area contributed by atoms with Gasteiger partial charge < -0.3 is 11.1 Å². The highest BCUT2D eigenvalue weighted by Gasteiger charge is 2.27. The maximum absolute atomic E-state index is 13.9. The molecule has 0 fully saturated rings. The number of hydrogen-bond acceptors (Lipinski definition) is 2. The highest BCUT2D eigenvalue weighted by molar-refractivity contribution is 6.05. The second-order valence-corrected chi connectivity index (χ2v) is 5.55. The summed E-state index contributed by atoms with van der Waals surface area (Å²) < 4.78 is 27.1. The van der Waals surface area contributed by atoms with Gasteiger partial charge in [0.15, 0.2) is 0 Å². The zero-order valence-corrected chi connectivity index (χ0v) is 13.3. The van der Waals surface area contributed by atoms with E-state index in [1.54, 1.807) is 13.0 Å². The van der Waals surface area contributed by atoms with Crippen LogP contribution in [-0.2, 0) is 6.42 Å². The van der Waals surface area contributed by atoms with Crippen LogP contribution in [0.1, 0.15) is 39.5 Å². The third-order valence-electron chi connectivity index (χ3n) is 4.04. The molecule has 0 bridgehead atoms. The molecule has 0 aromatic heterocycles. The Balaban J connectivity index is 0.00000192. The van der Waals surface area contributed by atoms with E-state index in [-0.39, 0.29) is 36.0 Å². The maximum atomic E-state index is 13.9. The number of carbonyl (C=O) groups excluding carboxylic acids is 1. The van der Waals surface area contributed by atoms with Crippen molar-refractivity contribution in [1.29, 1.82) is 0 Å². The summed E-state index contributed by atoms with van der Waals surface area (Å²) in [5.41, 5.74) is 8.37. The van der Waals surface area contributed by atoms with Gasteiger partial charge in [0, 0.05) is 22.9 Å². The van der Waals surface area contributed by atoms with Crippen molar-refractivity contribution < 1.29 is 13.6 Å². The monoisotopic (exact) mass is 338 g/mol. The second-order valence-electron chi connectivity index (χ2n) is 5.55. The zero-order valence-electron chi connectivity index (χ0n) is 12.5. The van der Waals surface area contributed by atoms with Crippen LogP contribution in [0.4, 0.5) is 14.5 Å². The van der Waals surface area contributed by atoms with Crippen LogP contribution < -0.4 is 11.1 Å². The lowest BCUT2D eigenvalue weighted by atomic mass is 10.0. The SMILES string of the molecule is Cc1cc(NC(=O)c2ccc(F)c3c2CC[C@@H]3N)ccc1F.Cl. The van der Waals surface area contributed by atoms with Gasteiger partial charge in [-0.05, 0) is 61.2 Å². The summed E-state index contributed by atoms with van der Waals surface area (Å²) in [5.74, 6) is -1.03. The van der Waals surface area contributed by atoms with Gasteiger partial charge in [-0.25, -0.2) is 8.78 Å². The first-order valence-corrected chi connectivity index (χ1v) is 7.11. The second kappa shape index (κ2) is 6.64. The lowest BCUT2D eigenvalue weighted by molar-refractivity contribution is 0.102. The summed E-state index contributed by atoms with van der Waals surface area (Å²) in [5, 5.41) is 2.72. The van der Waals surface area contributed by atoms with Crippen LogP contribution >= 0.6 is 12.4 Å². The molecule has 0 radical (unpaired) electrons. The van der Waals surface area contributed by atoms with Crippen molar-refractivity contribution in [2.45, 2.75) is 25.8 Å². The van der Waals surface area contributed by atoms with E-state index in [0.29, 0.717) is 40.8 Å². The molecule has 0 unspecified atom stereocenters. The molecule has 3 nitrogen and oxygen atoms in total. The molecule has 0 saturated heterocycles. The third-order valence-corrected chi connectivity index (χ3v) is 4.04. The molecule has 1 aliphatic rings. The molecule has 1 amide bonds. The predicted molar refractivity (Wildman–Crippen MR) is 88.0 cm³/mol. The van der Waals surface area contributed by atoms with E-state index in [2.05, 4.69) is 5.32 Å². The summed E-state index contributed by atoms with van der Waals surface area (Å²) in [6.07, 6.45) is 1.21. The van der Waals surface area contributed by atoms with Crippen LogP contribution in [0.25, 0.3) is 0 Å². The first-order valence-electron chi connectivity index (χ1n) is 7.11. The molecular weight excluding hydrogens is 322 g/mol. The summed E-state index contributed by atoms with van der Waals surface area (Å²) in [6, 6.07) is 6.73. The minimum Gasteiger partial charge on any atom is -0.324 e. The number of rotatable bonds is 2. The Labute approximate surface area is 139 Å². The molecule has 2 aromatic carbocycles. The van der Waals surface area contributed by atoms with Gasteiger partial charge in [0.2, 0.25) is 0 Å². The largest absolute Gasteiger partial charge is 0.324 e. The quantitative estimate of drug-likeness (QED) is 0.872. The number of amides is 1. The van der Waals surface area contributed by atoms with Gasteiger partial charge in [-0.1, -0.05) is 0 Å². The van der Waals surface area contributed by atoms with Crippen molar-refractivity contribution in [3.8, 4) is 0 Å². The number of nitrogens with one attached hydrogen (secondary N) is 1. The van der Waals surface area contributed by atoms with Gasteiger partial charge in [0.25, 0.3) is 5.91 Å². The van der Waals surface area contributed by atoms with Crippen molar-refractivity contribution in [2.75, 3.05) is 5.32 Å². The van der Waals surface area contributed by atoms with Gasteiger partial charge >= 0.3 is 0 Å². The molecule has 0 spiro atoms. The number of anilines is 1. The minimum atomic E-state index is -0.367. The Morgan fingerprint density at radius 3 is 2.61 bits per heavy atom. The van der Waals surface area contributed by atoms with Crippen molar-refractivity contribution >= 4 is 24.0 Å². The molecule has 0 saturated carbocycles. The fourth-order valence-corrected chi connectivity index (χ4v) is 2.88. The highest BCUT2D eigenvalue weighted by Crippen LogP contribution is 2.34. The average Bonchev–Trinajstić information content (AvgIpc) is 2.86. The van der Waals surface area contributed by atoms with Crippen LogP contribution in [-0.4, -0.2) is 5.91 Å². The van der Waals surface area contributed by atoms with Crippen LogP contribution in [0.15, 0.2) is 30.3 Å². The van der Waals surface area contributed by atoms with E-state index in [1.165, 1.54) is 24.3 Å². The van der Waals surface area contributed by atoms with E-state index in [0.717, 1.165) is 0 Å². The maximum Gasteiger partial charge on any atom is 0.255 e. The molecule has 0 heterocycles. The zero-order chi connectivity index (χ0) is 15.9. The van der Waals surface area contributed by atoms with Gasteiger partial charge in [-0.15, -0.1) is 12.4 Å². The van der Waals surface area contributed by atoms with Gasteiger partial charge in [-0.2, -0.15) is 0 Å². The van der Waals surface area contributed by atoms with Gasteiger partial charge in [0.05, 0.1) is 0 Å². The van der Waals surface area contributed by atoms with Crippen molar-refractivity contribution in [3.63, 3.8) is 0 Å². The highest BCUT2D eigenvalue weighted by atomic mass is 35.5.